The van der Waals surface area contributed by atoms with E-state index in [4.69, 9.17) is 0 Å². The van der Waals surface area contributed by atoms with Gasteiger partial charge in [-0.2, -0.15) is 0 Å². The van der Waals surface area contributed by atoms with Crippen molar-refractivity contribution in [3.8, 4) is 10.7 Å². The topological polar surface area (TPSA) is 84.3 Å². The molecular weight excluding hydrogens is 420 g/mol. The predicted octanol–water partition coefficient (Wildman–Crippen LogP) is 3.80. The number of sulfonamides is 1. The SMILES string of the molecule is Cc1ccccc1NS(=O)(=O)c1cc(-c2nc(C)c(C(=O)N3CCCC3)s2)n(C)c1. The lowest BCUT2D eigenvalue weighted by atomic mass is 10.2. The van der Waals surface area contributed by atoms with E-state index < -0.39 is 10.0 Å². The van der Waals surface area contributed by atoms with Gasteiger partial charge in [-0.25, -0.2) is 13.4 Å². The Morgan fingerprint density at radius 3 is 2.57 bits per heavy atom. The van der Waals surface area contributed by atoms with Gasteiger partial charge in [-0.1, -0.05) is 18.2 Å². The molecule has 1 N–H and O–H groups in total. The van der Waals surface area contributed by atoms with Crippen LogP contribution in [0.4, 0.5) is 5.69 Å². The number of hydrogen-bond acceptors (Lipinski definition) is 5. The number of carbonyl (C=O) groups is 1. The number of carbonyl (C=O) groups excluding carboxylic acids is 1. The molecule has 1 aliphatic heterocycles. The van der Waals surface area contributed by atoms with Gasteiger partial charge in [-0.15, -0.1) is 11.3 Å². The summed E-state index contributed by atoms with van der Waals surface area (Å²) in [5.41, 5.74) is 2.73. The second kappa shape index (κ2) is 7.88. The second-order valence-electron chi connectivity index (χ2n) is 7.53. The molecule has 0 bridgehead atoms. The summed E-state index contributed by atoms with van der Waals surface area (Å²) < 4.78 is 30.2. The fourth-order valence-corrected chi connectivity index (χ4v) is 5.85. The first-order valence-corrected chi connectivity index (χ1v) is 12.1. The Labute approximate surface area is 180 Å². The van der Waals surface area contributed by atoms with Crippen LogP contribution in [-0.4, -0.2) is 41.9 Å². The second-order valence-corrected chi connectivity index (χ2v) is 10.2. The van der Waals surface area contributed by atoms with E-state index in [1.165, 1.54) is 11.3 Å². The van der Waals surface area contributed by atoms with Gasteiger partial charge in [0.1, 0.15) is 14.8 Å². The number of hydrogen-bond donors (Lipinski definition) is 1. The summed E-state index contributed by atoms with van der Waals surface area (Å²) in [6, 6.07) is 8.84. The minimum Gasteiger partial charge on any atom is -0.347 e. The Bertz CT molecular complexity index is 1200. The monoisotopic (exact) mass is 444 g/mol. The normalized spacial score (nSPS) is 14.3. The number of aryl methyl sites for hydroxylation is 3. The minimum atomic E-state index is -3.75. The smallest absolute Gasteiger partial charge is 0.265 e. The zero-order valence-corrected chi connectivity index (χ0v) is 18.8. The number of aromatic nitrogens is 2. The molecule has 9 heteroatoms. The first-order chi connectivity index (χ1) is 14.3. The van der Waals surface area contributed by atoms with Crippen molar-refractivity contribution in [2.24, 2.45) is 7.05 Å². The van der Waals surface area contributed by atoms with Crippen molar-refractivity contribution < 1.29 is 13.2 Å². The zero-order chi connectivity index (χ0) is 21.5. The van der Waals surface area contributed by atoms with Gasteiger partial charge in [0.15, 0.2) is 0 Å². The highest BCUT2D eigenvalue weighted by molar-refractivity contribution is 7.92. The van der Waals surface area contributed by atoms with Crippen LogP contribution in [0, 0.1) is 13.8 Å². The van der Waals surface area contributed by atoms with Gasteiger partial charge in [0.25, 0.3) is 15.9 Å². The third kappa shape index (κ3) is 3.87. The fourth-order valence-electron chi connectivity index (χ4n) is 3.55. The van der Waals surface area contributed by atoms with Crippen LogP contribution in [0.5, 0.6) is 0 Å². The first kappa shape index (κ1) is 20.6. The van der Waals surface area contributed by atoms with Gasteiger partial charge >= 0.3 is 0 Å². The van der Waals surface area contributed by atoms with E-state index in [2.05, 4.69) is 9.71 Å². The lowest BCUT2D eigenvalue weighted by Crippen LogP contribution is -2.27. The van der Waals surface area contributed by atoms with E-state index in [9.17, 15) is 13.2 Å². The van der Waals surface area contributed by atoms with Crippen LogP contribution in [0.1, 0.15) is 33.8 Å². The number of para-hydroxylation sites is 1. The quantitative estimate of drug-likeness (QED) is 0.649. The highest BCUT2D eigenvalue weighted by Crippen LogP contribution is 2.32. The van der Waals surface area contributed by atoms with Crippen molar-refractivity contribution in [1.82, 2.24) is 14.5 Å². The molecule has 0 unspecified atom stereocenters. The van der Waals surface area contributed by atoms with Crippen LogP contribution in [-0.2, 0) is 17.1 Å². The van der Waals surface area contributed by atoms with Crippen LogP contribution in [0.15, 0.2) is 41.4 Å². The standard InChI is InChI=1S/C21H24N4O3S2/c1-14-8-4-5-9-17(14)23-30(27,28)16-12-18(24(3)13-16)20-22-15(2)19(29-20)21(26)25-10-6-7-11-25/h4-5,8-9,12-13,23H,6-7,10-11H2,1-3H3. The summed E-state index contributed by atoms with van der Waals surface area (Å²) in [6.07, 6.45) is 3.63. The lowest BCUT2D eigenvalue weighted by molar-refractivity contribution is 0.0796. The zero-order valence-electron chi connectivity index (χ0n) is 17.2. The molecule has 30 heavy (non-hydrogen) atoms. The molecule has 1 aromatic carbocycles. The Balaban J connectivity index is 1.64. The minimum absolute atomic E-state index is 0.0111. The van der Waals surface area contributed by atoms with E-state index in [1.54, 1.807) is 36.0 Å². The van der Waals surface area contributed by atoms with Gasteiger partial charge < -0.3 is 9.47 Å². The maximum absolute atomic E-state index is 12.9. The molecule has 0 radical (unpaired) electrons. The summed E-state index contributed by atoms with van der Waals surface area (Å²) in [7, 11) is -1.97. The number of likely N-dealkylation sites (tertiary alicyclic amines) is 1. The molecule has 0 spiro atoms. The number of nitrogens with one attached hydrogen (secondary N) is 1. The molecular formula is C21H24N4O3S2. The van der Waals surface area contributed by atoms with Gasteiger partial charge in [0, 0.05) is 26.3 Å². The van der Waals surface area contributed by atoms with E-state index in [-0.39, 0.29) is 10.8 Å². The van der Waals surface area contributed by atoms with Crippen LogP contribution in [0.25, 0.3) is 10.7 Å². The summed E-state index contributed by atoms with van der Waals surface area (Å²) >= 11 is 1.31. The van der Waals surface area contributed by atoms with Crippen molar-refractivity contribution in [2.45, 2.75) is 31.6 Å². The van der Waals surface area contributed by atoms with Crippen molar-refractivity contribution in [1.29, 1.82) is 0 Å². The van der Waals surface area contributed by atoms with Crippen molar-refractivity contribution in [3.63, 3.8) is 0 Å². The average molecular weight is 445 g/mol. The van der Waals surface area contributed by atoms with Gasteiger partial charge in [-0.3, -0.25) is 9.52 Å². The van der Waals surface area contributed by atoms with Gasteiger partial charge in [0.05, 0.1) is 17.1 Å². The Kier molecular flexibility index (Phi) is 5.42. The van der Waals surface area contributed by atoms with Crippen LogP contribution >= 0.6 is 11.3 Å². The van der Waals surface area contributed by atoms with E-state index in [0.29, 0.717) is 27.0 Å². The molecule has 1 aliphatic rings. The molecule has 0 saturated carbocycles. The van der Waals surface area contributed by atoms with E-state index in [0.717, 1.165) is 31.5 Å². The number of anilines is 1. The summed E-state index contributed by atoms with van der Waals surface area (Å²) in [4.78, 5) is 20.0. The third-order valence-corrected chi connectivity index (χ3v) is 7.78. The summed E-state index contributed by atoms with van der Waals surface area (Å²) in [5, 5.41) is 0.634. The number of nitrogens with zero attached hydrogens (tertiary/aromatic N) is 3. The molecule has 2 aromatic heterocycles. The molecule has 0 aliphatic carbocycles. The average Bonchev–Trinajstić information content (AvgIpc) is 3.43. The predicted molar refractivity (Wildman–Crippen MR) is 118 cm³/mol. The Morgan fingerprint density at radius 1 is 1.17 bits per heavy atom. The maximum atomic E-state index is 12.9. The van der Waals surface area contributed by atoms with Crippen LogP contribution in [0.3, 0.4) is 0 Å². The van der Waals surface area contributed by atoms with Crippen LogP contribution in [0.2, 0.25) is 0 Å². The van der Waals surface area contributed by atoms with Crippen molar-refractivity contribution in [2.75, 3.05) is 17.8 Å². The summed E-state index contributed by atoms with van der Waals surface area (Å²) in [6.45, 7) is 5.24. The maximum Gasteiger partial charge on any atom is 0.265 e. The largest absolute Gasteiger partial charge is 0.347 e. The van der Waals surface area contributed by atoms with E-state index >= 15 is 0 Å². The number of thiazole rings is 1. The molecule has 3 heterocycles. The van der Waals surface area contributed by atoms with Crippen molar-refractivity contribution >= 4 is 33.0 Å². The molecule has 0 atom stereocenters. The van der Waals surface area contributed by atoms with Crippen molar-refractivity contribution in [3.05, 3.63) is 52.7 Å². The molecule has 1 saturated heterocycles. The van der Waals surface area contributed by atoms with E-state index in [1.807, 2.05) is 30.9 Å². The molecule has 7 nitrogen and oxygen atoms in total. The molecule has 1 fully saturated rings. The first-order valence-electron chi connectivity index (χ1n) is 9.78. The Hall–Kier alpha value is -2.65. The number of amides is 1. The van der Waals surface area contributed by atoms with Crippen LogP contribution < -0.4 is 4.72 Å². The van der Waals surface area contributed by atoms with Gasteiger partial charge in [0.2, 0.25) is 0 Å². The highest BCUT2D eigenvalue weighted by atomic mass is 32.2. The molecule has 158 valence electrons. The van der Waals surface area contributed by atoms with Gasteiger partial charge in [-0.05, 0) is 44.4 Å². The summed E-state index contributed by atoms with van der Waals surface area (Å²) in [5.74, 6) is 0.0111. The molecule has 1 amide bonds. The third-order valence-electron chi connectivity index (χ3n) is 5.28. The number of rotatable bonds is 5. The Morgan fingerprint density at radius 2 is 1.87 bits per heavy atom. The molecule has 4 rings (SSSR count). The fraction of sp³-hybridized carbons (Fsp3) is 0.333. The number of benzene rings is 1. The lowest BCUT2D eigenvalue weighted by Gasteiger charge is -2.13. The molecule has 3 aromatic rings. The highest BCUT2D eigenvalue weighted by Gasteiger charge is 2.26.